The zero-order valence-electron chi connectivity index (χ0n) is 9.40. The van der Waals surface area contributed by atoms with E-state index in [1.807, 2.05) is 0 Å². The first-order chi connectivity index (χ1) is 8.33. The molecule has 0 aliphatic heterocycles. The van der Waals surface area contributed by atoms with Crippen LogP contribution in [0.1, 0.15) is 5.56 Å². The van der Waals surface area contributed by atoms with Crippen molar-refractivity contribution in [3.05, 3.63) is 36.3 Å². The maximum atomic E-state index is 12.1. The quantitative estimate of drug-likeness (QED) is 0.899. The van der Waals surface area contributed by atoms with Crippen LogP contribution in [0.15, 0.2) is 30.7 Å². The lowest BCUT2D eigenvalue weighted by Crippen LogP contribution is -2.17. The summed E-state index contributed by atoms with van der Waals surface area (Å²) in [6, 6.07) is 4.27. The van der Waals surface area contributed by atoms with Crippen molar-refractivity contribution in [1.29, 1.82) is 0 Å². The third-order valence-electron chi connectivity index (χ3n) is 2.17. The predicted molar refractivity (Wildman–Crippen MR) is 59.4 cm³/mol. The SMILES string of the molecule is Cc1cc(OC(F)(F)F)cc(-n2cnc(N)c2)c1. The molecule has 0 radical (unpaired) electrons. The third kappa shape index (κ3) is 2.93. The highest BCUT2D eigenvalue weighted by molar-refractivity contribution is 5.44. The second kappa shape index (κ2) is 4.25. The highest BCUT2D eigenvalue weighted by Gasteiger charge is 2.31. The fraction of sp³-hybridized carbons (Fsp3) is 0.182. The van der Waals surface area contributed by atoms with Gasteiger partial charge < -0.3 is 15.0 Å². The van der Waals surface area contributed by atoms with Crippen molar-refractivity contribution in [2.75, 3.05) is 5.73 Å². The largest absolute Gasteiger partial charge is 0.573 e. The number of nitrogens with zero attached hydrogens (tertiary/aromatic N) is 2. The first kappa shape index (κ1) is 12.3. The van der Waals surface area contributed by atoms with Crippen molar-refractivity contribution in [2.45, 2.75) is 13.3 Å². The van der Waals surface area contributed by atoms with Gasteiger partial charge in [0.05, 0.1) is 11.9 Å². The van der Waals surface area contributed by atoms with Crippen molar-refractivity contribution in [3.8, 4) is 11.4 Å². The van der Waals surface area contributed by atoms with Gasteiger partial charge in [0.25, 0.3) is 0 Å². The van der Waals surface area contributed by atoms with Crippen molar-refractivity contribution in [3.63, 3.8) is 0 Å². The van der Waals surface area contributed by atoms with Gasteiger partial charge in [-0.1, -0.05) is 0 Å². The third-order valence-corrected chi connectivity index (χ3v) is 2.17. The van der Waals surface area contributed by atoms with Crippen LogP contribution in [0, 0.1) is 6.92 Å². The van der Waals surface area contributed by atoms with E-state index in [1.165, 1.54) is 29.2 Å². The summed E-state index contributed by atoms with van der Waals surface area (Å²) in [6.07, 6.45) is -1.79. The number of rotatable bonds is 2. The van der Waals surface area contributed by atoms with Gasteiger partial charge in [-0.2, -0.15) is 0 Å². The van der Waals surface area contributed by atoms with Crippen LogP contribution in [-0.4, -0.2) is 15.9 Å². The summed E-state index contributed by atoms with van der Waals surface area (Å²) >= 11 is 0. The van der Waals surface area contributed by atoms with Gasteiger partial charge in [-0.05, 0) is 24.6 Å². The molecular weight excluding hydrogens is 247 g/mol. The lowest BCUT2D eigenvalue weighted by atomic mass is 10.2. The van der Waals surface area contributed by atoms with Crippen molar-refractivity contribution in [2.24, 2.45) is 0 Å². The van der Waals surface area contributed by atoms with Crippen LogP contribution < -0.4 is 10.5 Å². The van der Waals surface area contributed by atoms with Crippen LogP contribution >= 0.6 is 0 Å². The number of imidazole rings is 1. The van der Waals surface area contributed by atoms with Crippen molar-refractivity contribution >= 4 is 5.82 Å². The molecule has 0 saturated heterocycles. The Morgan fingerprint density at radius 3 is 2.56 bits per heavy atom. The average molecular weight is 257 g/mol. The number of aromatic nitrogens is 2. The molecule has 2 N–H and O–H groups in total. The Hall–Kier alpha value is -2.18. The molecule has 0 aliphatic rings. The molecule has 1 aromatic heterocycles. The van der Waals surface area contributed by atoms with Gasteiger partial charge in [-0.25, -0.2) is 4.98 Å². The molecule has 1 aromatic carbocycles. The Balaban J connectivity index is 2.38. The van der Waals surface area contributed by atoms with Gasteiger partial charge >= 0.3 is 6.36 Å². The number of alkyl halides is 3. The lowest BCUT2D eigenvalue weighted by Gasteiger charge is -2.11. The summed E-state index contributed by atoms with van der Waals surface area (Å²) < 4.78 is 41.9. The highest BCUT2D eigenvalue weighted by Crippen LogP contribution is 2.26. The topological polar surface area (TPSA) is 53.1 Å². The summed E-state index contributed by atoms with van der Waals surface area (Å²) in [5.41, 5.74) is 6.59. The molecular formula is C11H10F3N3O. The number of ether oxygens (including phenoxy) is 1. The molecule has 0 unspecified atom stereocenters. The van der Waals surface area contributed by atoms with E-state index in [-0.39, 0.29) is 11.6 Å². The number of hydrogen-bond donors (Lipinski definition) is 1. The van der Waals surface area contributed by atoms with Crippen LogP contribution in [0.5, 0.6) is 5.75 Å². The fourth-order valence-corrected chi connectivity index (χ4v) is 1.55. The van der Waals surface area contributed by atoms with E-state index in [0.717, 1.165) is 0 Å². The van der Waals surface area contributed by atoms with Gasteiger partial charge in [0.2, 0.25) is 0 Å². The fourth-order valence-electron chi connectivity index (χ4n) is 1.55. The van der Waals surface area contributed by atoms with Crippen LogP contribution in [-0.2, 0) is 0 Å². The van der Waals surface area contributed by atoms with E-state index in [1.54, 1.807) is 13.0 Å². The molecule has 0 fully saturated rings. The summed E-state index contributed by atoms with van der Waals surface area (Å²) in [7, 11) is 0. The number of halogens is 3. The van der Waals surface area contributed by atoms with E-state index in [4.69, 9.17) is 5.73 Å². The molecule has 0 amide bonds. The monoisotopic (exact) mass is 257 g/mol. The smallest absolute Gasteiger partial charge is 0.406 e. The Morgan fingerprint density at radius 2 is 2.00 bits per heavy atom. The van der Waals surface area contributed by atoms with Crippen LogP contribution in [0.4, 0.5) is 19.0 Å². The molecule has 2 aromatic rings. The molecule has 1 heterocycles. The van der Waals surface area contributed by atoms with E-state index < -0.39 is 6.36 Å². The minimum atomic E-state index is -4.71. The number of nitrogens with two attached hydrogens (primary N) is 1. The zero-order valence-corrected chi connectivity index (χ0v) is 9.40. The Bertz CT molecular complexity index is 563. The summed E-state index contributed by atoms with van der Waals surface area (Å²) in [5.74, 6) is 0.0135. The number of benzene rings is 1. The first-order valence-electron chi connectivity index (χ1n) is 5.01. The number of nitrogen functional groups attached to an aromatic ring is 1. The molecule has 0 spiro atoms. The molecule has 0 aliphatic carbocycles. The molecule has 96 valence electrons. The van der Waals surface area contributed by atoms with E-state index in [9.17, 15) is 13.2 Å². The van der Waals surface area contributed by atoms with Gasteiger partial charge in [-0.15, -0.1) is 13.2 Å². The minimum Gasteiger partial charge on any atom is -0.406 e. The van der Waals surface area contributed by atoms with Gasteiger partial charge in [0.1, 0.15) is 17.9 Å². The highest BCUT2D eigenvalue weighted by atomic mass is 19.4. The van der Waals surface area contributed by atoms with Crippen molar-refractivity contribution in [1.82, 2.24) is 9.55 Å². The second-order valence-electron chi connectivity index (χ2n) is 3.76. The number of aryl methyl sites for hydroxylation is 1. The Kier molecular flexibility index (Phi) is 2.90. The molecule has 7 heteroatoms. The Morgan fingerprint density at radius 1 is 1.28 bits per heavy atom. The predicted octanol–water partition coefficient (Wildman–Crippen LogP) is 2.66. The second-order valence-corrected chi connectivity index (χ2v) is 3.76. The van der Waals surface area contributed by atoms with Crippen LogP contribution in [0.2, 0.25) is 0 Å². The molecule has 2 rings (SSSR count). The molecule has 0 saturated carbocycles. The van der Waals surface area contributed by atoms with Crippen molar-refractivity contribution < 1.29 is 17.9 Å². The maximum absolute atomic E-state index is 12.1. The van der Waals surface area contributed by atoms with E-state index >= 15 is 0 Å². The van der Waals surface area contributed by atoms with Gasteiger partial charge in [-0.3, -0.25) is 0 Å². The average Bonchev–Trinajstić information content (AvgIpc) is 2.61. The lowest BCUT2D eigenvalue weighted by molar-refractivity contribution is -0.274. The molecule has 4 nitrogen and oxygen atoms in total. The number of anilines is 1. The zero-order chi connectivity index (χ0) is 13.3. The summed E-state index contributed by atoms with van der Waals surface area (Å²) in [6.45, 7) is 1.67. The minimum absolute atomic E-state index is 0.273. The van der Waals surface area contributed by atoms with Crippen LogP contribution in [0.25, 0.3) is 5.69 Å². The normalized spacial score (nSPS) is 11.6. The molecule has 18 heavy (non-hydrogen) atoms. The van der Waals surface area contributed by atoms with Gasteiger partial charge in [0, 0.05) is 6.07 Å². The molecule has 0 bridgehead atoms. The first-order valence-corrected chi connectivity index (χ1v) is 5.01. The standard InChI is InChI=1S/C11H10F3N3O/c1-7-2-8(17-5-10(15)16-6-17)4-9(3-7)18-11(12,13)14/h2-6H,15H2,1H3. The molecule has 0 atom stereocenters. The summed E-state index contributed by atoms with van der Waals surface area (Å²) in [5, 5.41) is 0. The van der Waals surface area contributed by atoms with E-state index in [0.29, 0.717) is 11.3 Å². The van der Waals surface area contributed by atoms with Crippen LogP contribution in [0.3, 0.4) is 0 Å². The maximum Gasteiger partial charge on any atom is 0.573 e. The van der Waals surface area contributed by atoms with E-state index in [2.05, 4.69) is 9.72 Å². The Labute approximate surface area is 101 Å². The summed E-state index contributed by atoms with van der Waals surface area (Å²) in [4.78, 5) is 3.80. The van der Waals surface area contributed by atoms with Gasteiger partial charge in [0.15, 0.2) is 0 Å². The number of hydrogen-bond acceptors (Lipinski definition) is 3.